The molecule has 0 aliphatic rings. The van der Waals surface area contributed by atoms with Crippen molar-refractivity contribution >= 4 is 34.4 Å². The summed E-state index contributed by atoms with van der Waals surface area (Å²) >= 11 is 0. The van der Waals surface area contributed by atoms with E-state index >= 15 is 0 Å². The van der Waals surface area contributed by atoms with Gasteiger partial charge in [0, 0.05) is 12.2 Å². The minimum atomic E-state index is -0.869. The Morgan fingerprint density at radius 2 is 1.61 bits per heavy atom. The van der Waals surface area contributed by atoms with E-state index in [9.17, 15) is 14.4 Å². The van der Waals surface area contributed by atoms with Crippen LogP contribution in [0.1, 0.15) is 64.6 Å². The van der Waals surface area contributed by atoms with Gasteiger partial charge in [-0.05, 0) is 67.6 Å². The summed E-state index contributed by atoms with van der Waals surface area (Å²) in [5, 5.41) is 7.65. The molecule has 0 radical (unpaired) electrons. The van der Waals surface area contributed by atoms with Crippen LogP contribution in [0.5, 0.6) is 0 Å². The molecule has 202 valence electrons. The standard InChI is InChI=1S/C31H39N3O4/c1-6-8-19-34(27(35)21-32-30(37)38-31(3,4)5)28(24-15-13-22(7-2)14-16-24)29(36)33-26-18-17-23-11-9-10-12-25(23)20-26/h9-18,20,28H,6-8,19,21H2,1-5H3,(H,32,37)(H,33,36). The van der Waals surface area contributed by atoms with E-state index in [0.717, 1.165) is 29.2 Å². The fourth-order valence-electron chi connectivity index (χ4n) is 4.18. The Bertz CT molecular complexity index is 1250. The largest absolute Gasteiger partial charge is 0.444 e. The number of hydrogen-bond donors (Lipinski definition) is 2. The third-order valence-corrected chi connectivity index (χ3v) is 6.14. The van der Waals surface area contributed by atoms with Gasteiger partial charge in [-0.15, -0.1) is 0 Å². The molecular weight excluding hydrogens is 478 g/mol. The van der Waals surface area contributed by atoms with Crippen molar-refractivity contribution in [3.8, 4) is 0 Å². The maximum atomic E-state index is 13.8. The molecule has 0 fully saturated rings. The minimum absolute atomic E-state index is 0.272. The molecule has 3 aromatic carbocycles. The van der Waals surface area contributed by atoms with Gasteiger partial charge in [0.1, 0.15) is 18.2 Å². The molecule has 0 saturated carbocycles. The fourth-order valence-corrected chi connectivity index (χ4v) is 4.18. The number of alkyl carbamates (subject to hydrolysis) is 1. The molecule has 0 bridgehead atoms. The monoisotopic (exact) mass is 517 g/mol. The van der Waals surface area contributed by atoms with Crippen LogP contribution in [-0.2, 0) is 20.7 Å². The topological polar surface area (TPSA) is 87.7 Å². The summed E-state index contributed by atoms with van der Waals surface area (Å²) < 4.78 is 5.28. The first-order chi connectivity index (χ1) is 18.1. The summed E-state index contributed by atoms with van der Waals surface area (Å²) in [5.74, 6) is -0.672. The van der Waals surface area contributed by atoms with Gasteiger partial charge in [-0.2, -0.15) is 0 Å². The predicted octanol–water partition coefficient (Wildman–Crippen LogP) is 6.24. The second-order valence-corrected chi connectivity index (χ2v) is 10.3. The molecule has 3 rings (SSSR count). The molecule has 0 aliphatic carbocycles. The summed E-state index contributed by atoms with van der Waals surface area (Å²) in [4.78, 5) is 41.0. The first-order valence-corrected chi connectivity index (χ1v) is 13.3. The lowest BCUT2D eigenvalue weighted by Gasteiger charge is -2.32. The van der Waals surface area contributed by atoms with Gasteiger partial charge in [0.05, 0.1) is 0 Å². The van der Waals surface area contributed by atoms with Gasteiger partial charge in [-0.3, -0.25) is 9.59 Å². The highest BCUT2D eigenvalue weighted by atomic mass is 16.6. The number of carbonyl (C=O) groups is 3. The number of ether oxygens (including phenoxy) is 1. The number of unbranched alkanes of at least 4 members (excludes halogenated alkanes) is 1. The van der Waals surface area contributed by atoms with E-state index in [1.54, 1.807) is 25.7 Å². The van der Waals surface area contributed by atoms with Gasteiger partial charge in [0.15, 0.2) is 0 Å². The predicted molar refractivity (Wildman–Crippen MR) is 152 cm³/mol. The van der Waals surface area contributed by atoms with Crippen LogP contribution in [-0.4, -0.2) is 41.5 Å². The van der Waals surface area contributed by atoms with Gasteiger partial charge in [0.25, 0.3) is 5.91 Å². The number of amides is 3. The maximum Gasteiger partial charge on any atom is 0.408 e. The average molecular weight is 518 g/mol. The lowest BCUT2D eigenvalue weighted by molar-refractivity contribution is -0.138. The molecule has 1 atom stereocenters. The van der Waals surface area contributed by atoms with E-state index in [2.05, 4.69) is 17.6 Å². The van der Waals surface area contributed by atoms with Crippen molar-refractivity contribution in [1.29, 1.82) is 0 Å². The van der Waals surface area contributed by atoms with Crippen LogP contribution >= 0.6 is 0 Å². The van der Waals surface area contributed by atoms with Crippen molar-refractivity contribution < 1.29 is 19.1 Å². The summed E-state index contributed by atoms with van der Waals surface area (Å²) in [6.45, 7) is 9.47. The summed E-state index contributed by atoms with van der Waals surface area (Å²) in [6, 6.07) is 20.6. The van der Waals surface area contributed by atoms with E-state index in [1.165, 1.54) is 0 Å². The van der Waals surface area contributed by atoms with Crippen molar-refractivity contribution in [2.75, 3.05) is 18.4 Å². The lowest BCUT2D eigenvalue weighted by atomic mass is 10.0. The van der Waals surface area contributed by atoms with E-state index in [-0.39, 0.29) is 18.4 Å². The Labute approximate surface area is 225 Å². The highest BCUT2D eigenvalue weighted by molar-refractivity contribution is 6.00. The first-order valence-electron chi connectivity index (χ1n) is 13.3. The zero-order chi connectivity index (χ0) is 27.7. The van der Waals surface area contributed by atoms with Crippen molar-refractivity contribution in [2.45, 2.75) is 65.5 Å². The Kier molecular flexibility index (Phi) is 9.88. The second kappa shape index (κ2) is 13.1. The SMILES string of the molecule is CCCCN(C(=O)CNC(=O)OC(C)(C)C)C(C(=O)Nc1ccc2ccccc2c1)c1ccc(CC)cc1. The van der Waals surface area contributed by atoms with Crippen LogP contribution in [0.3, 0.4) is 0 Å². The van der Waals surface area contributed by atoms with Crippen molar-refractivity contribution in [2.24, 2.45) is 0 Å². The lowest BCUT2D eigenvalue weighted by Crippen LogP contribution is -2.47. The van der Waals surface area contributed by atoms with Gasteiger partial charge in [-0.1, -0.05) is 74.9 Å². The Morgan fingerprint density at radius 3 is 2.24 bits per heavy atom. The van der Waals surface area contributed by atoms with Crippen LogP contribution in [0.4, 0.5) is 10.5 Å². The van der Waals surface area contributed by atoms with Gasteiger partial charge in [0.2, 0.25) is 5.91 Å². The van der Waals surface area contributed by atoms with E-state index in [4.69, 9.17) is 4.74 Å². The molecule has 0 heterocycles. The third-order valence-electron chi connectivity index (χ3n) is 6.14. The Balaban J connectivity index is 1.91. The highest BCUT2D eigenvalue weighted by Gasteiger charge is 2.31. The van der Waals surface area contributed by atoms with Crippen LogP contribution in [0.15, 0.2) is 66.7 Å². The number of benzene rings is 3. The number of nitrogens with zero attached hydrogens (tertiary/aromatic N) is 1. The molecule has 3 aromatic rings. The van der Waals surface area contributed by atoms with Gasteiger partial charge >= 0.3 is 6.09 Å². The van der Waals surface area contributed by atoms with Crippen molar-refractivity contribution in [3.05, 3.63) is 77.9 Å². The zero-order valence-corrected chi connectivity index (χ0v) is 23.0. The van der Waals surface area contributed by atoms with Crippen LogP contribution < -0.4 is 10.6 Å². The molecular formula is C31H39N3O4. The van der Waals surface area contributed by atoms with Crippen LogP contribution in [0, 0.1) is 0 Å². The molecule has 7 heteroatoms. The molecule has 3 amide bonds. The number of carbonyl (C=O) groups excluding carboxylic acids is 3. The zero-order valence-electron chi connectivity index (χ0n) is 23.0. The first kappa shape index (κ1) is 28.7. The molecule has 0 aromatic heterocycles. The molecule has 7 nitrogen and oxygen atoms in total. The second-order valence-electron chi connectivity index (χ2n) is 10.3. The molecule has 0 spiro atoms. The molecule has 1 unspecified atom stereocenters. The van der Waals surface area contributed by atoms with Gasteiger partial charge in [-0.25, -0.2) is 4.79 Å². The number of anilines is 1. The molecule has 0 aliphatic heterocycles. The van der Waals surface area contributed by atoms with Crippen molar-refractivity contribution in [1.82, 2.24) is 10.2 Å². The summed E-state index contributed by atoms with van der Waals surface area (Å²) in [7, 11) is 0. The normalized spacial score (nSPS) is 12.0. The fraction of sp³-hybridized carbons (Fsp3) is 0.387. The molecule has 2 N–H and O–H groups in total. The average Bonchev–Trinajstić information content (AvgIpc) is 2.88. The summed E-state index contributed by atoms with van der Waals surface area (Å²) in [6.07, 6.45) is 1.75. The van der Waals surface area contributed by atoms with Gasteiger partial charge < -0.3 is 20.3 Å². The maximum absolute atomic E-state index is 13.8. The van der Waals surface area contributed by atoms with E-state index in [0.29, 0.717) is 24.2 Å². The number of aryl methyl sites for hydroxylation is 1. The third kappa shape index (κ3) is 8.07. The highest BCUT2D eigenvalue weighted by Crippen LogP contribution is 2.26. The van der Waals surface area contributed by atoms with Crippen molar-refractivity contribution in [3.63, 3.8) is 0 Å². The smallest absolute Gasteiger partial charge is 0.408 e. The van der Waals surface area contributed by atoms with Crippen LogP contribution in [0.25, 0.3) is 10.8 Å². The quantitative estimate of drug-likeness (QED) is 0.333. The number of nitrogens with one attached hydrogen (secondary N) is 2. The molecule has 0 saturated heterocycles. The van der Waals surface area contributed by atoms with E-state index < -0.39 is 17.7 Å². The van der Waals surface area contributed by atoms with Crippen LogP contribution in [0.2, 0.25) is 0 Å². The summed E-state index contributed by atoms with van der Waals surface area (Å²) in [5.41, 5.74) is 1.82. The number of rotatable bonds is 10. The molecule has 38 heavy (non-hydrogen) atoms. The number of fused-ring (bicyclic) bond motifs is 1. The van der Waals surface area contributed by atoms with E-state index in [1.807, 2.05) is 73.7 Å². The number of hydrogen-bond acceptors (Lipinski definition) is 4. The Morgan fingerprint density at radius 1 is 0.921 bits per heavy atom. The Hall–Kier alpha value is -3.87. The minimum Gasteiger partial charge on any atom is -0.444 e.